The third kappa shape index (κ3) is 25.8. The predicted octanol–water partition coefficient (Wildman–Crippen LogP) is -1.97. The number of rotatable bonds is 25. The molecule has 1 fully saturated rings. The van der Waals surface area contributed by atoms with Crippen molar-refractivity contribution in [3.05, 3.63) is 0 Å². The molecule has 1 heterocycles. The van der Waals surface area contributed by atoms with E-state index in [4.69, 9.17) is 22.9 Å². The molecular formula is C48H91N13O10. The summed E-state index contributed by atoms with van der Waals surface area (Å²) in [7, 11) is 0. The second-order valence-electron chi connectivity index (χ2n) is 19.9. The quantitative estimate of drug-likeness (QED) is 0.0442. The van der Waals surface area contributed by atoms with Gasteiger partial charge in [0.2, 0.25) is 53.2 Å². The fourth-order valence-corrected chi connectivity index (χ4v) is 8.04. The molecule has 4 unspecified atom stereocenters. The minimum Gasteiger partial charge on any atom is -0.393 e. The van der Waals surface area contributed by atoms with Crippen LogP contribution in [0.2, 0.25) is 0 Å². The summed E-state index contributed by atoms with van der Waals surface area (Å²) in [5.41, 5.74) is 23.5. The fourth-order valence-electron chi connectivity index (χ4n) is 8.04. The van der Waals surface area contributed by atoms with Gasteiger partial charge in [-0.1, -0.05) is 80.6 Å². The lowest BCUT2D eigenvalue weighted by Crippen LogP contribution is -2.60. The number of hydrogen-bond acceptors (Lipinski definition) is 14. The van der Waals surface area contributed by atoms with E-state index in [1.54, 1.807) is 0 Å². The number of aliphatic hydroxyl groups is 1. The number of amides is 9. The van der Waals surface area contributed by atoms with Gasteiger partial charge in [0.1, 0.15) is 48.3 Å². The summed E-state index contributed by atoms with van der Waals surface area (Å²) >= 11 is 0. The zero-order valence-corrected chi connectivity index (χ0v) is 43.5. The van der Waals surface area contributed by atoms with Gasteiger partial charge in [-0.15, -0.1) is 0 Å². The van der Waals surface area contributed by atoms with Crippen LogP contribution in [-0.4, -0.2) is 145 Å². The van der Waals surface area contributed by atoms with Crippen LogP contribution in [0.15, 0.2) is 0 Å². The van der Waals surface area contributed by atoms with Gasteiger partial charge in [0.15, 0.2) is 0 Å². The minimum absolute atomic E-state index is 0.0350. The molecule has 1 aliphatic heterocycles. The van der Waals surface area contributed by atoms with Crippen molar-refractivity contribution in [3.8, 4) is 0 Å². The van der Waals surface area contributed by atoms with Crippen molar-refractivity contribution in [1.29, 1.82) is 0 Å². The monoisotopic (exact) mass is 1010 g/mol. The highest BCUT2D eigenvalue weighted by Crippen LogP contribution is 2.13. The van der Waals surface area contributed by atoms with Crippen molar-refractivity contribution in [2.75, 3.05) is 32.7 Å². The zero-order valence-electron chi connectivity index (χ0n) is 43.5. The Morgan fingerprint density at radius 1 is 0.549 bits per heavy atom. The Bertz CT molecular complexity index is 1690. The van der Waals surface area contributed by atoms with E-state index >= 15 is 0 Å². The molecule has 408 valence electrons. The van der Waals surface area contributed by atoms with E-state index in [0.29, 0.717) is 6.42 Å². The third-order valence-electron chi connectivity index (χ3n) is 11.8. The van der Waals surface area contributed by atoms with Crippen molar-refractivity contribution in [1.82, 2.24) is 47.9 Å². The van der Waals surface area contributed by atoms with E-state index in [1.165, 1.54) is 0 Å². The molecule has 0 saturated carbocycles. The van der Waals surface area contributed by atoms with Crippen LogP contribution in [0.4, 0.5) is 0 Å². The van der Waals surface area contributed by atoms with E-state index in [2.05, 4.69) is 54.8 Å². The summed E-state index contributed by atoms with van der Waals surface area (Å²) in [6.07, 6.45) is 3.89. The molecule has 23 nitrogen and oxygen atoms in total. The lowest BCUT2D eigenvalue weighted by molar-refractivity contribution is -0.136. The van der Waals surface area contributed by atoms with E-state index in [9.17, 15) is 48.3 Å². The average Bonchev–Trinajstić information content (AvgIpc) is 3.28. The van der Waals surface area contributed by atoms with Gasteiger partial charge < -0.3 is 75.9 Å². The topological polar surface area (TPSA) is 386 Å². The van der Waals surface area contributed by atoms with Gasteiger partial charge in [-0.05, 0) is 102 Å². The van der Waals surface area contributed by atoms with Gasteiger partial charge in [0.05, 0.1) is 12.5 Å². The van der Waals surface area contributed by atoms with E-state index in [1.807, 2.05) is 41.5 Å². The summed E-state index contributed by atoms with van der Waals surface area (Å²) in [5.74, 6) is -7.04. The van der Waals surface area contributed by atoms with Gasteiger partial charge in [-0.25, -0.2) is 0 Å². The smallest absolute Gasteiger partial charge is 0.243 e. The summed E-state index contributed by atoms with van der Waals surface area (Å²) in [6.45, 7) is 12.6. The Hall–Kier alpha value is -4.97. The SMILES string of the molecule is CCCCCCCC(O)CC(=O)N[C@H](CCN)C(=O)NC1CCNC(=O)C(CC(C)C)NC(=O)[C@H](CCN)NC(=O)[C@H](CCN)NC(=O)[C@H](CC(C)C)NC(=O)[C@@H](CC(C)C)NC(=O)C(CCN)NC1=O. The van der Waals surface area contributed by atoms with E-state index in [-0.39, 0.29) is 108 Å². The van der Waals surface area contributed by atoms with Crippen LogP contribution in [0.25, 0.3) is 0 Å². The summed E-state index contributed by atoms with van der Waals surface area (Å²) < 4.78 is 0. The first-order valence-electron chi connectivity index (χ1n) is 25.8. The van der Waals surface area contributed by atoms with Crippen LogP contribution in [0, 0.1) is 17.8 Å². The second kappa shape index (κ2) is 35.2. The van der Waals surface area contributed by atoms with Gasteiger partial charge in [0, 0.05) is 6.54 Å². The first-order valence-corrected chi connectivity index (χ1v) is 25.8. The van der Waals surface area contributed by atoms with Crippen molar-refractivity contribution in [2.45, 2.75) is 199 Å². The van der Waals surface area contributed by atoms with Crippen LogP contribution in [0.5, 0.6) is 0 Å². The number of nitrogens with two attached hydrogens (primary N) is 4. The Kier molecular flexibility index (Phi) is 31.8. The van der Waals surface area contributed by atoms with Gasteiger partial charge in [0.25, 0.3) is 0 Å². The molecule has 1 saturated heterocycles. The molecule has 1 rings (SSSR count). The number of aliphatic hydroxyl groups excluding tert-OH is 1. The van der Waals surface area contributed by atoms with Crippen LogP contribution in [0.3, 0.4) is 0 Å². The zero-order chi connectivity index (χ0) is 53.6. The molecule has 0 aromatic heterocycles. The molecule has 18 N–H and O–H groups in total. The Balaban J connectivity index is 3.80. The molecule has 23 heteroatoms. The molecule has 0 spiro atoms. The Morgan fingerprint density at radius 3 is 1.35 bits per heavy atom. The maximum atomic E-state index is 14.3. The summed E-state index contributed by atoms with van der Waals surface area (Å²) in [4.78, 5) is 125. The highest BCUT2D eigenvalue weighted by molar-refractivity contribution is 5.98. The number of unbranched alkanes of at least 4 members (excludes halogenated alkanes) is 4. The standard InChI is InChI=1S/C48H91N13O10/c1-8-9-10-11-12-13-31(62)27-40(63)54-32(14-19-49)42(65)58-36-18-23-53-41(64)37(24-28(2)3)59-44(67)34(16-21-51)55-43(66)33(15-20-50)57-47(70)38(25-29(4)5)61-48(71)39(26-30(6)7)60-45(68)35(17-22-52)56-46(36)69/h28-39,62H,8-27,49-52H2,1-7H3,(H,53,64)(H,54,63)(H,55,66)(H,56,69)(H,57,70)(H,58,65)(H,59,67)(H,60,68)(H,61,71)/t31?,32-,33+,34+,35?,36?,37?,38+,39-/m1/s1. The molecular weight excluding hydrogens is 919 g/mol. The van der Waals surface area contributed by atoms with Crippen molar-refractivity contribution in [3.63, 3.8) is 0 Å². The van der Waals surface area contributed by atoms with Gasteiger partial charge in [-0.3, -0.25) is 43.2 Å². The minimum atomic E-state index is -1.45. The fraction of sp³-hybridized carbons (Fsp3) is 0.812. The first-order chi connectivity index (χ1) is 33.6. The molecule has 0 bridgehead atoms. The second-order valence-corrected chi connectivity index (χ2v) is 19.9. The van der Waals surface area contributed by atoms with Crippen LogP contribution in [-0.2, 0) is 43.2 Å². The molecule has 9 atom stereocenters. The molecule has 9 amide bonds. The van der Waals surface area contributed by atoms with Crippen LogP contribution in [0.1, 0.15) is 145 Å². The molecule has 1 aliphatic rings. The van der Waals surface area contributed by atoms with E-state index in [0.717, 1.165) is 32.1 Å². The largest absolute Gasteiger partial charge is 0.393 e. The highest BCUT2D eigenvalue weighted by atomic mass is 16.3. The maximum Gasteiger partial charge on any atom is 0.243 e. The van der Waals surface area contributed by atoms with Crippen molar-refractivity contribution in [2.24, 2.45) is 40.7 Å². The van der Waals surface area contributed by atoms with Crippen molar-refractivity contribution < 1.29 is 48.3 Å². The normalized spacial score (nSPS) is 23.6. The number of nitrogens with one attached hydrogen (secondary N) is 9. The first kappa shape index (κ1) is 64.0. The average molecular weight is 1010 g/mol. The number of carbonyl (C=O) groups is 9. The molecule has 0 radical (unpaired) electrons. The number of hydrogen-bond donors (Lipinski definition) is 14. The maximum absolute atomic E-state index is 14.3. The molecule has 0 aliphatic carbocycles. The molecule has 0 aromatic carbocycles. The van der Waals surface area contributed by atoms with Crippen molar-refractivity contribution >= 4 is 53.2 Å². The third-order valence-corrected chi connectivity index (χ3v) is 11.8. The molecule has 71 heavy (non-hydrogen) atoms. The Morgan fingerprint density at radius 2 is 0.944 bits per heavy atom. The lowest BCUT2D eigenvalue weighted by Gasteiger charge is -2.29. The highest BCUT2D eigenvalue weighted by Gasteiger charge is 2.35. The predicted molar refractivity (Wildman–Crippen MR) is 270 cm³/mol. The lowest BCUT2D eigenvalue weighted by atomic mass is 9.99. The van der Waals surface area contributed by atoms with E-state index < -0.39 is 108 Å². The molecule has 0 aromatic rings. The van der Waals surface area contributed by atoms with Gasteiger partial charge >= 0.3 is 0 Å². The number of carbonyl (C=O) groups excluding carboxylic acids is 9. The van der Waals surface area contributed by atoms with Crippen LogP contribution < -0.4 is 70.8 Å². The summed E-state index contributed by atoms with van der Waals surface area (Å²) in [5, 5.41) is 34.6. The Labute approximate surface area is 420 Å². The van der Waals surface area contributed by atoms with Gasteiger partial charge in [-0.2, -0.15) is 0 Å². The summed E-state index contributed by atoms with van der Waals surface area (Å²) in [6, 6.07) is -10.1. The van der Waals surface area contributed by atoms with Crippen LogP contribution >= 0.6 is 0 Å².